The number of carbonyl (C=O) groups is 2. The molecule has 3 aliphatic rings. The summed E-state index contributed by atoms with van der Waals surface area (Å²) in [5, 5.41) is 18.1. The predicted molar refractivity (Wildman–Crippen MR) is 163 cm³/mol. The van der Waals surface area contributed by atoms with E-state index in [0.717, 1.165) is 37.9 Å². The molecule has 2 saturated carbocycles. The van der Waals surface area contributed by atoms with Crippen molar-refractivity contribution >= 4 is 19.9 Å². The van der Waals surface area contributed by atoms with Crippen LogP contribution >= 0.6 is 0 Å². The van der Waals surface area contributed by atoms with Crippen LogP contribution in [0.15, 0.2) is 18.3 Å². The van der Waals surface area contributed by atoms with Gasteiger partial charge in [-0.15, -0.1) is 0 Å². The lowest BCUT2D eigenvalue weighted by molar-refractivity contribution is -0.128. The number of ether oxygens (including phenoxy) is 2. The molecule has 10 nitrogen and oxygen atoms in total. The van der Waals surface area contributed by atoms with Crippen LogP contribution in [0.1, 0.15) is 68.8 Å². The first kappa shape index (κ1) is 31.6. The molecule has 1 atom stereocenters. The fourth-order valence-electron chi connectivity index (χ4n) is 6.29. The van der Waals surface area contributed by atoms with E-state index in [1.807, 2.05) is 11.8 Å². The number of nitrogens with zero attached hydrogens (tertiary/aromatic N) is 4. The Kier molecular flexibility index (Phi) is 9.02. The van der Waals surface area contributed by atoms with E-state index in [4.69, 9.17) is 9.47 Å². The van der Waals surface area contributed by atoms with E-state index >= 15 is 0 Å². The van der Waals surface area contributed by atoms with E-state index in [-0.39, 0.29) is 53.2 Å². The third-order valence-corrected chi connectivity index (χ3v) is 11.0. The summed E-state index contributed by atoms with van der Waals surface area (Å²) in [5.41, 5.74) is -0.126. The van der Waals surface area contributed by atoms with E-state index in [1.54, 1.807) is 6.07 Å². The van der Waals surface area contributed by atoms with Gasteiger partial charge in [0.25, 0.3) is 5.91 Å². The number of methoxy groups -OCH3 is 1. The van der Waals surface area contributed by atoms with Gasteiger partial charge in [0.2, 0.25) is 11.8 Å². The molecule has 1 aliphatic heterocycles. The normalized spacial score (nSPS) is 25.0. The quantitative estimate of drug-likeness (QED) is 0.296. The topological polar surface area (TPSA) is 119 Å². The Morgan fingerprint density at radius 1 is 1.16 bits per heavy atom. The Morgan fingerprint density at radius 2 is 1.88 bits per heavy atom. The summed E-state index contributed by atoms with van der Waals surface area (Å²) in [6.45, 7) is 9.77. The standard InChI is InChI=1S/C31H46FN5O5Si/c1-30(40)9-6-22(7-10-30)34-28(38)21-8-13-36(31(18-21)11-12-31)29(39)25-17-26(23-16-27(41-2)33-19-24(23)32)37(35-25)20-42-14-15-43(3,4)5/h16-17,19,21-22,40H,6-15,18,20H2,1-5H3,(H,34,38). The van der Waals surface area contributed by atoms with Crippen molar-refractivity contribution in [3.05, 3.63) is 29.8 Å². The highest BCUT2D eigenvalue weighted by atomic mass is 28.3. The first-order chi connectivity index (χ1) is 20.3. The molecular weight excluding hydrogens is 569 g/mol. The van der Waals surface area contributed by atoms with E-state index in [1.165, 1.54) is 17.9 Å². The van der Waals surface area contributed by atoms with Crippen LogP contribution in [0.2, 0.25) is 25.7 Å². The molecule has 5 rings (SSSR count). The minimum Gasteiger partial charge on any atom is -0.481 e. The second-order valence-electron chi connectivity index (χ2n) is 14.1. The first-order valence-corrected chi connectivity index (χ1v) is 19.2. The molecule has 2 aliphatic carbocycles. The van der Waals surface area contributed by atoms with E-state index < -0.39 is 19.5 Å². The fraction of sp³-hybridized carbons (Fsp3) is 0.677. The molecule has 2 N–H and O–H groups in total. The summed E-state index contributed by atoms with van der Waals surface area (Å²) in [7, 11) is 0.157. The maximum absolute atomic E-state index is 15.0. The van der Waals surface area contributed by atoms with Gasteiger partial charge in [0.1, 0.15) is 6.73 Å². The number of nitrogens with one attached hydrogen (secondary N) is 1. The molecular formula is C31H46FN5O5Si. The van der Waals surface area contributed by atoms with Crippen molar-refractivity contribution in [2.75, 3.05) is 20.3 Å². The number of amides is 2. The number of carbonyl (C=O) groups excluding carboxylic acids is 2. The number of aliphatic hydroxyl groups is 1. The zero-order valence-electron chi connectivity index (χ0n) is 26.1. The Hall–Kier alpha value is -2.83. The third kappa shape index (κ3) is 7.46. The van der Waals surface area contributed by atoms with Gasteiger partial charge in [0, 0.05) is 50.4 Å². The minimum absolute atomic E-state index is 0.0501. The van der Waals surface area contributed by atoms with Crippen molar-refractivity contribution in [1.29, 1.82) is 0 Å². The third-order valence-electron chi connectivity index (χ3n) is 9.28. The summed E-state index contributed by atoms with van der Waals surface area (Å²) in [4.78, 5) is 33.0. The molecule has 0 aromatic carbocycles. The molecule has 0 radical (unpaired) electrons. The van der Waals surface area contributed by atoms with Crippen LogP contribution in [-0.4, -0.2) is 82.1 Å². The van der Waals surface area contributed by atoms with Crippen LogP contribution in [-0.2, 0) is 16.3 Å². The van der Waals surface area contributed by atoms with Gasteiger partial charge in [0.05, 0.1) is 24.6 Å². The summed E-state index contributed by atoms with van der Waals surface area (Å²) in [6.07, 6.45) is 6.91. The van der Waals surface area contributed by atoms with Gasteiger partial charge in [-0.05, 0) is 70.4 Å². The largest absolute Gasteiger partial charge is 0.481 e. The number of pyridine rings is 1. The van der Waals surface area contributed by atoms with Gasteiger partial charge in [0.15, 0.2) is 11.5 Å². The van der Waals surface area contributed by atoms with Crippen LogP contribution in [0.3, 0.4) is 0 Å². The highest BCUT2D eigenvalue weighted by Gasteiger charge is 2.55. The number of hydrogen-bond acceptors (Lipinski definition) is 7. The molecule has 1 spiro atoms. The van der Waals surface area contributed by atoms with E-state index in [9.17, 15) is 19.1 Å². The average Bonchev–Trinajstić information content (AvgIpc) is 3.58. The molecule has 236 valence electrons. The van der Waals surface area contributed by atoms with Crippen LogP contribution in [0.25, 0.3) is 11.3 Å². The number of piperidine rings is 1. The number of aromatic nitrogens is 3. The molecule has 2 aromatic rings. The van der Waals surface area contributed by atoms with Gasteiger partial charge in [-0.2, -0.15) is 5.10 Å². The van der Waals surface area contributed by atoms with Gasteiger partial charge in [-0.3, -0.25) is 9.59 Å². The molecule has 0 bridgehead atoms. The molecule has 12 heteroatoms. The molecule has 3 heterocycles. The SMILES string of the molecule is COc1cc(-c2cc(C(=O)N3CCC(C(=O)NC4CCC(C)(O)CC4)CC34CC4)nn2COCC[Si](C)(C)C)c(F)cn1. The predicted octanol–water partition coefficient (Wildman–Crippen LogP) is 4.60. The Balaban J connectivity index is 1.30. The van der Waals surface area contributed by atoms with E-state index in [2.05, 4.69) is 35.0 Å². The number of halogens is 1. The Labute approximate surface area is 254 Å². The molecule has 43 heavy (non-hydrogen) atoms. The fourth-order valence-corrected chi connectivity index (χ4v) is 7.04. The number of hydrogen-bond donors (Lipinski definition) is 2. The zero-order chi connectivity index (χ0) is 31.0. The Bertz CT molecular complexity index is 1330. The minimum atomic E-state index is -1.31. The monoisotopic (exact) mass is 615 g/mol. The lowest BCUT2D eigenvalue weighted by atomic mass is 9.83. The van der Waals surface area contributed by atoms with Gasteiger partial charge in [-0.1, -0.05) is 19.6 Å². The average molecular weight is 616 g/mol. The highest BCUT2D eigenvalue weighted by Crippen LogP contribution is 2.50. The van der Waals surface area contributed by atoms with Crippen LogP contribution in [0.5, 0.6) is 5.88 Å². The van der Waals surface area contributed by atoms with Crippen molar-refractivity contribution in [1.82, 2.24) is 25.0 Å². The summed E-state index contributed by atoms with van der Waals surface area (Å²) < 4.78 is 27.7. The maximum atomic E-state index is 15.0. The second-order valence-corrected chi connectivity index (χ2v) is 19.7. The van der Waals surface area contributed by atoms with Crippen molar-refractivity contribution in [3.63, 3.8) is 0 Å². The van der Waals surface area contributed by atoms with Crippen molar-refractivity contribution < 1.29 is 28.6 Å². The molecule has 2 amide bonds. The van der Waals surface area contributed by atoms with Crippen LogP contribution in [0, 0.1) is 11.7 Å². The second kappa shape index (κ2) is 12.3. The lowest BCUT2D eigenvalue weighted by Crippen LogP contribution is -2.52. The number of likely N-dealkylation sites (tertiary alicyclic amines) is 1. The van der Waals surface area contributed by atoms with Crippen molar-refractivity contribution in [2.45, 2.75) is 108 Å². The van der Waals surface area contributed by atoms with Crippen LogP contribution < -0.4 is 10.1 Å². The Morgan fingerprint density at radius 3 is 2.53 bits per heavy atom. The highest BCUT2D eigenvalue weighted by molar-refractivity contribution is 6.76. The zero-order valence-corrected chi connectivity index (χ0v) is 27.1. The van der Waals surface area contributed by atoms with Gasteiger partial charge < -0.3 is 24.8 Å². The van der Waals surface area contributed by atoms with Crippen LogP contribution in [0.4, 0.5) is 4.39 Å². The smallest absolute Gasteiger partial charge is 0.274 e. The van der Waals surface area contributed by atoms with Gasteiger partial charge in [-0.25, -0.2) is 14.1 Å². The van der Waals surface area contributed by atoms with Gasteiger partial charge >= 0.3 is 0 Å². The molecule has 1 saturated heterocycles. The van der Waals surface area contributed by atoms with Crippen molar-refractivity contribution in [2.24, 2.45) is 5.92 Å². The van der Waals surface area contributed by atoms with E-state index in [0.29, 0.717) is 44.5 Å². The molecule has 3 fully saturated rings. The number of rotatable bonds is 10. The summed E-state index contributed by atoms with van der Waals surface area (Å²) in [5.74, 6) is -0.605. The lowest BCUT2D eigenvalue weighted by Gasteiger charge is -2.40. The summed E-state index contributed by atoms with van der Waals surface area (Å²) >= 11 is 0. The molecule has 1 unspecified atom stereocenters. The maximum Gasteiger partial charge on any atom is 0.274 e. The van der Waals surface area contributed by atoms with Crippen molar-refractivity contribution in [3.8, 4) is 17.1 Å². The summed E-state index contributed by atoms with van der Waals surface area (Å²) in [6, 6.07) is 4.18. The molecule has 2 aromatic heterocycles. The first-order valence-electron chi connectivity index (χ1n) is 15.5.